The van der Waals surface area contributed by atoms with Crippen molar-refractivity contribution < 1.29 is 4.92 Å². The van der Waals surface area contributed by atoms with Crippen LogP contribution in [0.1, 0.15) is 38.5 Å². The van der Waals surface area contributed by atoms with Gasteiger partial charge in [-0.3, -0.25) is 10.1 Å². The standard InChI is InChI=1S/C21H25N5O2/c1-2-5-22-20-23-18-4-3-16(26(27)28)9-17(18)19(24-20)25-21-10-13-6-14(11-21)8-15(7-13)12-21/h2-4,9,13-15H,1,5-8,10-12H2,(H2,22,23,24,25). The minimum atomic E-state index is -0.363. The number of hydrogen-bond donors (Lipinski definition) is 2. The Morgan fingerprint density at radius 2 is 1.86 bits per heavy atom. The molecule has 4 aliphatic carbocycles. The number of aromatic nitrogens is 2. The Bertz CT molecular complexity index is 922. The van der Waals surface area contributed by atoms with Crippen LogP contribution in [-0.2, 0) is 0 Å². The van der Waals surface area contributed by atoms with Crippen molar-refractivity contribution in [1.82, 2.24) is 9.97 Å². The molecule has 4 saturated carbocycles. The Labute approximate surface area is 163 Å². The van der Waals surface area contributed by atoms with Crippen molar-refractivity contribution >= 4 is 28.4 Å². The molecule has 146 valence electrons. The largest absolute Gasteiger partial charge is 0.364 e. The van der Waals surface area contributed by atoms with Gasteiger partial charge >= 0.3 is 0 Å². The lowest BCUT2D eigenvalue weighted by Gasteiger charge is -2.57. The fourth-order valence-electron chi connectivity index (χ4n) is 6.08. The van der Waals surface area contributed by atoms with Gasteiger partial charge < -0.3 is 10.6 Å². The molecule has 0 amide bonds. The molecule has 2 N–H and O–H groups in total. The Kier molecular flexibility index (Phi) is 4.00. The number of fused-ring (bicyclic) bond motifs is 1. The summed E-state index contributed by atoms with van der Waals surface area (Å²) >= 11 is 0. The summed E-state index contributed by atoms with van der Waals surface area (Å²) in [5, 5.41) is 18.9. The maximum atomic E-state index is 11.3. The molecular weight excluding hydrogens is 354 g/mol. The van der Waals surface area contributed by atoms with Gasteiger partial charge in [-0.25, -0.2) is 4.98 Å². The van der Waals surface area contributed by atoms with Crippen molar-refractivity contribution in [3.05, 3.63) is 41.0 Å². The lowest BCUT2D eigenvalue weighted by molar-refractivity contribution is -0.384. The van der Waals surface area contributed by atoms with Gasteiger partial charge in [0.25, 0.3) is 5.69 Å². The lowest BCUT2D eigenvalue weighted by atomic mass is 9.53. The number of nitro groups is 1. The van der Waals surface area contributed by atoms with Crippen molar-refractivity contribution in [2.45, 2.75) is 44.1 Å². The molecule has 1 aromatic carbocycles. The molecule has 7 heteroatoms. The molecule has 0 aliphatic heterocycles. The molecule has 0 saturated heterocycles. The van der Waals surface area contributed by atoms with Crippen LogP contribution >= 0.6 is 0 Å². The van der Waals surface area contributed by atoms with Gasteiger partial charge in [-0.15, -0.1) is 6.58 Å². The Balaban J connectivity index is 1.57. The number of nitrogens with zero attached hydrogens (tertiary/aromatic N) is 3. The van der Waals surface area contributed by atoms with E-state index in [1.54, 1.807) is 18.2 Å². The van der Waals surface area contributed by atoms with Crippen molar-refractivity contribution in [2.75, 3.05) is 17.2 Å². The summed E-state index contributed by atoms with van der Waals surface area (Å²) in [4.78, 5) is 20.2. The first-order valence-corrected chi connectivity index (χ1v) is 10.1. The predicted octanol–water partition coefficient (Wildman–Crippen LogP) is 4.52. The van der Waals surface area contributed by atoms with Gasteiger partial charge in [0.05, 0.1) is 10.4 Å². The Morgan fingerprint density at radius 1 is 1.18 bits per heavy atom. The summed E-state index contributed by atoms with van der Waals surface area (Å²) in [6.45, 7) is 4.29. The molecule has 6 rings (SSSR count). The zero-order chi connectivity index (χ0) is 19.3. The molecule has 4 bridgehead atoms. The van der Waals surface area contributed by atoms with Crippen LogP contribution in [0.4, 0.5) is 17.5 Å². The molecule has 0 radical (unpaired) electrons. The minimum absolute atomic E-state index is 0.0658. The van der Waals surface area contributed by atoms with E-state index in [0.29, 0.717) is 29.2 Å². The molecule has 0 unspecified atom stereocenters. The average molecular weight is 379 g/mol. The molecule has 28 heavy (non-hydrogen) atoms. The monoisotopic (exact) mass is 379 g/mol. The fourth-order valence-corrected chi connectivity index (χ4v) is 6.08. The first kappa shape index (κ1) is 17.4. The second-order valence-corrected chi connectivity index (χ2v) is 8.85. The third-order valence-electron chi connectivity index (χ3n) is 6.72. The smallest absolute Gasteiger partial charge is 0.270 e. The molecule has 4 fully saturated rings. The first-order valence-electron chi connectivity index (χ1n) is 10.1. The van der Waals surface area contributed by atoms with Crippen LogP contribution in [-0.4, -0.2) is 27.0 Å². The molecule has 0 spiro atoms. The molecule has 7 nitrogen and oxygen atoms in total. The van der Waals surface area contributed by atoms with E-state index in [-0.39, 0.29) is 16.1 Å². The second kappa shape index (κ2) is 6.43. The van der Waals surface area contributed by atoms with E-state index in [9.17, 15) is 10.1 Å². The number of nitrogens with one attached hydrogen (secondary N) is 2. The third kappa shape index (κ3) is 2.99. The summed E-state index contributed by atoms with van der Waals surface area (Å²) in [7, 11) is 0. The fraction of sp³-hybridized carbons (Fsp3) is 0.524. The van der Waals surface area contributed by atoms with Crippen LogP contribution in [0.5, 0.6) is 0 Å². The molecule has 2 aromatic rings. The van der Waals surface area contributed by atoms with Crippen LogP contribution < -0.4 is 10.6 Å². The highest BCUT2D eigenvalue weighted by Gasteiger charge is 2.51. The third-order valence-corrected chi connectivity index (χ3v) is 6.72. The van der Waals surface area contributed by atoms with Crippen LogP contribution in [0.25, 0.3) is 10.9 Å². The molecular formula is C21H25N5O2. The van der Waals surface area contributed by atoms with Gasteiger partial charge in [-0.2, -0.15) is 4.98 Å². The highest BCUT2D eigenvalue weighted by molar-refractivity contribution is 5.92. The summed E-state index contributed by atoms with van der Waals surface area (Å²) in [6, 6.07) is 4.80. The predicted molar refractivity (Wildman–Crippen MR) is 109 cm³/mol. The summed E-state index contributed by atoms with van der Waals surface area (Å²) in [6.07, 6.45) is 9.38. The van der Waals surface area contributed by atoms with Crippen molar-refractivity contribution in [2.24, 2.45) is 17.8 Å². The number of hydrogen-bond acceptors (Lipinski definition) is 6. The van der Waals surface area contributed by atoms with Gasteiger partial charge in [-0.05, 0) is 62.3 Å². The van der Waals surface area contributed by atoms with E-state index in [1.165, 1.54) is 44.6 Å². The number of nitro benzene ring substituents is 1. The maximum absolute atomic E-state index is 11.3. The van der Waals surface area contributed by atoms with Crippen molar-refractivity contribution in [1.29, 1.82) is 0 Å². The van der Waals surface area contributed by atoms with Crippen LogP contribution in [0.15, 0.2) is 30.9 Å². The van der Waals surface area contributed by atoms with E-state index in [2.05, 4.69) is 22.2 Å². The first-order chi connectivity index (χ1) is 13.5. The summed E-state index contributed by atoms with van der Waals surface area (Å²) < 4.78 is 0. The molecule has 1 aromatic heterocycles. The number of non-ortho nitro benzene ring substituents is 1. The zero-order valence-electron chi connectivity index (χ0n) is 15.9. The zero-order valence-corrected chi connectivity index (χ0v) is 15.9. The Morgan fingerprint density at radius 3 is 2.46 bits per heavy atom. The van der Waals surface area contributed by atoms with Crippen LogP contribution in [0.3, 0.4) is 0 Å². The van der Waals surface area contributed by atoms with E-state index in [0.717, 1.165) is 17.8 Å². The quantitative estimate of drug-likeness (QED) is 0.435. The highest BCUT2D eigenvalue weighted by atomic mass is 16.6. The maximum Gasteiger partial charge on any atom is 0.270 e. The second-order valence-electron chi connectivity index (χ2n) is 8.85. The normalized spacial score (nSPS) is 30.4. The van der Waals surface area contributed by atoms with Gasteiger partial charge in [0.1, 0.15) is 5.82 Å². The van der Waals surface area contributed by atoms with Gasteiger partial charge in [0, 0.05) is 29.6 Å². The van der Waals surface area contributed by atoms with Gasteiger partial charge in [0.15, 0.2) is 0 Å². The molecule has 4 aliphatic rings. The van der Waals surface area contributed by atoms with Crippen LogP contribution in [0, 0.1) is 27.9 Å². The van der Waals surface area contributed by atoms with E-state index in [4.69, 9.17) is 4.98 Å². The Hall–Kier alpha value is -2.70. The molecule has 0 atom stereocenters. The van der Waals surface area contributed by atoms with Gasteiger partial charge in [-0.1, -0.05) is 6.08 Å². The number of anilines is 2. The van der Waals surface area contributed by atoms with E-state index < -0.39 is 0 Å². The number of benzene rings is 1. The lowest BCUT2D eigenvalue weighted by Crippen LogP contribution is -2.54. The number of rotatable bonds is 6. The summed E-state index contributed by atoms with van der Waals surface area (Å²) in [5.41, 5.74) is 0.840. The highest BCUT2D eigenvalue weighted by Crippen LogP contribution is 2.56. The topological polar surface area (TPSA) is 93.0 Å². The van der Waals surface area contributed by atoms with E-state index >= 15 is 0 Å². The minimum Gasteiger partial charge on any atom is -0.364 e. The molecule has 1 heterocycles. The SMILES string of the molecule is C=CCNc1nc(NC23CC4CC(CC(C4)C2)C3)c2cc([N+](=O)[O-])ccc2n1. The van der Waals surface area contributed by atoms with Crippen LogP contribution in [0.2, 0.25) is 0 Å². The van der Waals surface area contributed by atoms with E-state index in [1.807, 2.05) is 0 Å². The van der Waals surface area contributed by atoms with Crippen molar-refractivity contribution in [3.63, 3.8) is 0 Å². The van der Waals surface area contributed by atoms with Crippen molar-refractivity contribution in [3.8, 4) is 0 Å². The van der Waals surface area contributed by atoms with Gasteiger partial charge in [0.2, 0.25) is 5.95 Å². The average Bonchev–Trinajstić information content (AvgIpc) is 2.64. The summed E-state index contributed by atoms with van der Waals surface area (Å²) in [5.74, 6) is 3.65.